The molecular formula is C14H18F3NO3. The predicted octanol–water partition coefficient (Wildman–Crippen LogP) is 2.44. The second-order valence-corrected chi connectivity index (χ2v) is 4.68. The standard InChI is InChI=1S/C14H18F3NO3/c1-18(8-9-21-10-14(15,16)17)7-6-11-4-2-3-5-12(11)13(19)20/h2-5H,6-10H2,1H3,(H,19,20). The van der Waals surface area contributed by atoms with Gasteiger partial charge in [0.1, 0.15) is 6.61 Å². The summed E-state index contributed by atoms with van der Waals surface area (Å²) in [6, 6.07) is 6.68. The van der Waals surface area contributed by atoms with Crippen molar-refractivity contribution in [1.82, 2.24) is 4.90 Å². The third-order valence-corrected chi connectivity index (χ3v) is 2.89. The van der Waals surface area contributed by atoms with Gasteiger partial charge in [0.2, 0.25) is 0 Å². The van der Waals surface area contributed by atoms with Gasteiger partial charge in [-0.1, -0.05) is 18.2 Å². The lowest BCUT2D eigenvalue weighted by molar-refractivity contribution is -0.174. The summed E-state index contributed by atoms with van der Waals surface area (Å²) in [7, 11) is 1.75. The van der Waals surface area contributed by atoms with Crippen molar-refractivity contribution in [3.05, 3.63) is 35.4 Å². The summed E-state index contributed by atoms with van der Waals surface area (Å²) in [4.78, 5) is 12.8. The summed E-state index contributed by atoms with van der Waals surface area (Å²) >= 11 is 0. The van der Waals surface area contributed by atoms with Crippen molar-refractivity contribution in [3.63, 3.8) is 0 Å². The summed E-state index contributed by atoms with van der Waals surface area (Å²) in [6.45, 7) is -0.371. The monoisotopic (exact) mass is 305 g/mol. The molecule has 4 nitrogen and oxygen atoms in total. The van der Waals surface area contributed by atoms with Crippen LogP contribution in [0, 0.1) is 0 Å². The van der Waals surface area contributed by atoms with Crippen LogP contribution in [-0.4, -0.2) is 55.5 Å². The highest BCUT2D eigenvalue weighted by molar-refractivity contribution is 5.89. The summed E-state index contributed by atoms with van der Waals surface area (Å²) < 4.78 is 40.1. The van der Waals surface area contributed by atoms with Crippen molar-refractivity contribution in [2.75, 3.05) is 33.4 Å². The van der Waals surface area contributed by atoms with E-state index in [9.17, 15) is 18.0 Å². The van der Waals surface area contributed by atoms with Crippen molar-refractivity contribution in [2.24, 2.45) is 0 Å². The Hall–Kier alpha value is -1.60. The van der Waals surface area contributed by atoms with E-state index in [1.807, 2.05) is 0 Å². The number of carboxylic acid groups (broad SMARTS) is 1. The number of aromatic carboxylic acids is 1. The first-order valence-electron chi connectivity index (χ1n) is 6.44. The molecule has 0 saturated carbocycles. The van der Waals surface area contributed by atoms with Crippen molar-refractivity contribution < 1.29 is 27.8 Å². The molecule has 1 rings (SSSR count). The van der Waals surface area contributed by atoms with Crippen molar-refractivity contribution in [3.8, 4) is 0 Å². The maximum absolute atomic E-state index is 11.9. The zero-order chi connectivity index (χ0) is 15.9. The first-order chi connectivity index (χ1) is 9.79. The Labute approximate surface area is 121 Å². The number of nitrogens with zero attached hydrogens (tertiary/aromatic N) is 1. The Morgan fingerprint density at radius 3 is 2.57 bits per heavy atom. The first-order valence-corrected chi connectivity index (χ1v) is 6.44. The van der Waals surface area contributed by atoms with Gasteiger partial charge in [-0.2, -0.15) is 13.2 Å². The third kappa shape index (κ3) is 7.10. The molecule has 1 aromatic rings. The molecule has 0 aliphatic heterocycles. The fourth-order valence-corrected chi connectivity index (χ4v) is 1.78. The minimum atomic E-state index is -4.31. The Bertz CT molecular complexity index is 463. The van der Waals surface area contributed by atoms with E-state index in [0.717, 1.165) is 0 Å². The van der Waals surface area contributed by atoms with Crippen LogP contribution in [0.2, 0.25) is 0 Å². The fourth-order valence-electron chi connectivity index (χ4n) is 1.78. The van der Waals surface area contributed by atoms with Crippen molar-refractivity contribution >= 4 is 5.97 Å². The maximum Gasteiger partial charge on any atom is 0.411 e. The van der Waals surface area contributed by atoms with Gasteiger partial charge in [0.25, 0.3) is 0 Å². The van der Waals surface area contributed by atoms with Crippen molar-refractivity contribution in [2.45, 2.75) is 12.6 Å². The van der Waals surface area contributed by atoms with Gasteiger partial charge < -0.3 is 14.7 Å². The lowest BCUT2D eigenvalue weighted by atomic mass is 10.0. The molecule has 21 heavy (non-hydrogen) atoms. The van der Waals surface area contributed by atoms with Gasteiger partial charge in [0.05, 0.1) is 12.2 Å². The zero-order valence-electron chi connectivity index (χ0n) is 11.7. The van der Waals surface area contributed by atoms with E-state index < -0.39 is 18.8 Å². The van der Waals surface area contributed by atoms with E-state index in [1.165, 1.54) is 6.07 Å². The fraction of sp³-hybridized carbons (Fsp3) is 0.500. The van der Waals surface area contributed by atoms with E-state index in [2.05, 4.69) is 4.74 Å². The second-order valence-electron chi connectivity index (χ2n) is 4.68. The van der Waals surface area contributed by atoms with Crippen LogP contribution < -0.4 is 0 Å². The molecular weight excluding hydrogens is 287 g/mol. The number of hydrogen-bond donors (Lipinski definition) is 1. The minimum absolute atomic E-state index is 0.0173. The average Bonchev–Trinajstić information content (AvgIpc) is 2.40. The SMILES string of the molecule is CN(CCOCC(F)(F)F)CCc1ccccc1C(=O)O. The van der Waals surface area contributed by atoms with Gasteiger partial charge in [-0.3, -0.25) is 0 Å². The van der Waals surface area contributed by atoms with E-state index >= 15 is 0 Å². The average molecular weight is 305 g/mol. The Morgan fingerprint density at radius 1 is 1.29 bits per heavy atom. The van der Waals surface area contributed by atoms with Crippen LogP contribution >= 0.6 is 0 Å². The number of carbonyl (C=O) groups is 1. The van der Waals surface area contributed by atoms with Gasteiger partial charge >= 0.3 is 12.1 Å². The molecule has 0 aromatic heterocycles. The van der Waals surface area contributed by atoms with Gasteiger partial charge in [-0.05, 0) is 25.1 Å². The number of ether oxygens (including phenoxy) is 1. The van der Waals surface area contributed by atoms with Gasteiger partial charge in [0.15, 0.2) is 0 Å². The first kappa shape index (κ1) is 17.5. The Morgan fingerprint density at radius 2 is 1.95 bits per heavy atom. The number of carboxylic acids is 1. The molecule has 0 amide bonds. The highest BCUT2D eigenvalue weighted by Gasteiger charge is 2.27. The normalized spacial score (nSPS) is 11.9. The van der Waals surface area contributed by atoms with Gasteiger partial charge in [-0.25, -0.2) is 4.79 Å². The molecule has 0 unspecified atom stereocenters. The van der Waals surface area contributed by atoms with Crippen LogP contribution in [0.25, 0.3) is 0 Å². The number of rotatable bonds is 8. The van der Waals surface area contributed by atoms with Gasteiger partial charge in [0, 0.05) is 13.1 Å². The van der Waals surface area contributed by atoms with E-state index in [4.69, 9.17) is 5.11 Å². The smallest absolute Gasteiger partial charge is 0.411 e. The molecule has 1 N–H and O–H groups in total. The molecule has 0 bridgehead atoms. The maximum atomic E-state index is 11.9. The van der Waals surface area contributed by atoms with Crippen LogP contribution in [-0.2, 0) is 11.2 Å². The Kier molecular flexibility index (Phi) is 6.64. The lowest BCUT2D eigenvalue weighted by Gasteiger charge is -2.17. The summed E-state index contributed by atoms with van der Waals surface area (Å²) in [5, 5.41) is 9.04. The number of likely N-dealkylation sites (N-methyl/N-ethyl adjacent to an activating group) is 1. The highest BCUT2D eigenvalue weighted by atomic mass is 19.4. The Balaban J connectivity index is 2.33. The molecule has 0 heterocycles. The minimum Gasteiger partial charge on any atom is -0.478 e. The van der Waals surface area contributed by atoms with Crippen LogP contribution in [0.3, 0.4) is 0 Å². The summed E-state index contributed by atoms with van der Waals surface area (Å²) in [5.74, 6) is -0.984. The topological polar surface area (TPSA) is 49.8 Å². The van der Waals surface area contributed by atoms with E-state index in [-0.39, 0.29) is 12.2 Å². The number of benzene rings is 1. The van der Waals surface area contributed by atoms with Crippen LogP contribution in [0.4, 0.5) is 13.2 Å². The zero-order valence-corrected chi connectivity index (χ0v) is 11.7. The number of alkyl halides is 3. The van der Waals surface area contributed by atoms with E-state index in [1.54, 1.807) is 30.1 Å². The predicted molar refractivity (Wildman–Crippen MR) is 71.5 cm³/mol. The van der Waals surface area contributed by atoms with Crippen LogP contribution in [0.15, 0.2) is 24.3 Å². The molecule has 0 radical (unpaired) electrons. The largest absolute Gasteiger partial charge is 0.478 e. The van der Waals surface area contributed by atoms with Crippen LogP contribution in [0.1, 0.15) is 15.9 Å². The molecule has 0 aliphatic rings. The molecule has 0 saturated heterocycles. The second kappa shape index (κ2) is 7.99. The third-order valence-electron chi connectivity index (χ3n) is 2.89. The molecule has 0 atom stereocenters. The van der Waals surface area contributed by atoms with E-state index in [0.29, 0.717) is 25.1 Å². The van der Waals surface area contributed by atoms with Gasteiger partial charge in [-0.15, -0.1) is 0 Å². The van der Waals surface area contributed by atoms with Crippen molar-refractivity contribution in [1.29, 1.82) is 0 Å². The number of hydrogen-bond acceptors (Lipinski definition) is 3. The lowest BCUT2D eigenvalue weighted by Crippen LogP contribution is -2.27. The molecule has 0 fully saturated rings. The number of halogens is 3. The molecule has 1 aromatic carbocycles. The quantitative estimate of drug-likeness (QED) is 0.750. The molecule has 0 spiro atoms. The summed E-state index contributed by atoms with van der Waals surface area (Å²) in [5.41, 5.74) is 0.951. The molecule has 7 heteroatoms. The van der Waals surface area contributed by atoms with Crippen LogP contribution in [0.5, 0.6) is 0 Å². The highest BCUT2D eigenvalue weighted by Crippen LogP contribution is 2.14. The molecule has 0 aliphatic carbocycles. The summed E-state index contributed by atoms with van der Waals surface area (Å²) in [6.07, 6.45) is -3.79. The molecule has 118 valence electrons.